The van der Waals surface area contributed by atoms with Crippen LogP contribution in [0.1, 0.15) is 16.8 Å². The molecule has 108 valence electrons. The average molecular weight is 302 g/mol. The SMILES string of the molecule is CN(Cc1cscn1)c1ccc(CO)cc1C(F)(F)F. The Bertz CT molecular complexity index is 569. The molecule has 0 fully saturated rings. The molecule has 20 heavy (non-hydrogen) atoms. The molecule has 2 rings (SSSR count). The molecule has 0 radical (unpaired) electrons. The first kappa shape index (κ1) is 14.8. The fourth-order valence-corrected chi connectivity index (χ4v) is 2.43. The number of nitrogens with zero attached hydrogens (tertiary/aromatic N) is 2. The van der Waals surface area contributed by atoms with Gasteiger partial charge < -0.3 is 10.0 Å². The van der Waals surface area contributed by atoms with Crippen molar-refractivity contribution in [3.8, 4) is 0 Å². The summed E-state index contributed by atoms with van der Waals surface area (Å²) in [6, 6.07) is 3.84. The Balaban J connectivity index is 2.34. The van der Waals surface area contributed by atoms with Gasteiger partial charge in [-0.15, -0.1) is 11.3 Å². The van der Waals surface area contributed by atoms with Crippen LogP contribution in [0.3, 0.4) is 0 Å². The number of rotatable bonds is 4. The molecule has 0 amide bonds. The summed E-state index contributed by atoms with van der Waals surface area (Å²) in [5.74, 6) is 0. The van der Waals surface area contributed by atoms with Crippen LogP contribution in [-0.4, -0.2) is 17.1 Å². The van der Waals surface area contributed by atoms with E-state index < -0.39 is 18.3 Å². The number of aliphatic hydroxyl groups excluding tert-OH is 1. The van der Waals surface area contributed by atoms with Crippen LogP contribution in [0.5, 0.6) is 0 Å². The highest BCUT2D eigenvalue weighted by molar-refractivity contribution is 7.07. The Morgan fingerprint density at radius 2 is 2.10 bits per heavy atom. The molecule has 0 aliphatic heterocycles. The van der Waals surface area contributed by atoms with Crippen LogP contribution in [-0.2, 0) is 19.3 Å². The first-order valence-electron chi connectivity index (χ1n) is 5.81. The van der Waals surface area contributed by atoms with Gasteiger partial charge in [-0.05, 0) is 17.7 Å². The molecule has 0 saturated heterocycles. The molecular weight excluding hydrogens is 289 g/mol. The highest BCUT2D eigenvalue weighted by Gasteiger charge is 2.34. The van der Waals surface area contributed by atoms with Gasteiger partial charge in [-0.25, -0.2) is 4.98 Å². The topological polar surface area (TPSA) is 36.4 Å². The molecule has 0 unspecified atom stereocenters. The number of aromatic nitrogens is 1. The standard InChI is InChI=1S/C13H13F3N2OS/c1-18(5-10-7-20-8-17-10)12-3-2-9(6-19)4-11(12)13(14,15)16/h2-4,7-8,19H,5-6H2,1H3. The van der Waals surface area contributed by atoms with Crippen molar-refractivity contribution in [2.24, 2.45) is 0 Å². The monoisotopic (exact) mass is 302 g/mol. The second-order valence-corrected chi connectivity index (χ2v) is 5.06. The maximum absolute atomic E-state index is 13.1. The molecule has 0 aliphatic rings. The van der Waals surface area contributed by atoms with E-state index >= 15 is 0 Å². The van der Waals surface area contributed by atoms with Gasteiger partial charge in [0, 0.05) is 18.1 Å². The summed E-state index contributed by atoms with van der Waals surface area (Å²) in [6.45, 7) is -0.121. The van der Waals surface area contributed by atoms with Crippen LogP contribution >= 0.6 is 11.3 Å². The predicted octanol–water partition coefficient (Wildman–Crippen LogP) is 3.29. The van der Waals surface area contributed by atoms with Crippen molar-refractivity contribution in [1.82, 2.24) is 4.98 Å². The zero-order valence-electron chi connectivity index (χ0n) is 10.7. The minimum Gasteiger partial charge on any atom is -0.392 e. The second kappa shape index (κ2) is 5.80. The van der Waals surface area contributed by atoms with E-state index in [4.69, 9.17) is 5.11 Å². The Labute approximate surface area is 118 Å². The van der Waals surface area contributed by atoms with E-state index in [1.54, 1.807) is 17.9 Å². The van der Waals surface area contributed by atoms with Crippen molar-refractivity contribution >= 4 is 17.0 Å². The number of thiazole rings is 1. The lowest BCUT2D eigenvalue weighted by Gasteiger charge is -2.23. The van der Waals surface area contributed by atoms with Gasteiger partial charge in [0.15, 0.2) is 0 Å². The summed E-state index contributed by atoms with van der Waals surface area (Å²) in [5.41, 5.74) is 1.92. The molecule has 7 heteroatoms. The van der Waals surface area contributed by atoms with Crippen LogP contribution in [0.15, 0.2) is 29.1 Å². The lowest BCUT2D eigenvalue weighted by Crippen LogP contribution is -2.21. The lowest BCUT2D eigenvalue weighted by molar-refractivity contribution is -0.137. The maximum atomic E-state index is 13.1. The fraction of sp³-hybridized carbons (Fsp3) is 0.308. The van der Waals surface area contributed by atoms with Gasteiger partial charge in [-0.1, -0.05) is 6.07 Å². The molecule has 2 aromatic rings. The average Bonchev–Trinajstić information content (AvgIpc) is 2.89. The summed E-state index contributed by atoms with van der Waals surface area (Å²) in [4.78, 5) is 5.56. The zero-order valence-corrected chi connectivity index (χ0v) is 11.5. The molecule has 1 heterocycles. The molecule has 1 aromatic heterocycles. The largest absolute Gasteiger partial charge is 0.418 e. The summed E-state index contributed by atoms with van der Waals surface area (Å²) < 4.78 is 39.2. The Morgan fingerprint density at radius 3 is 2.65 bits per heavy atom. The third kappa shape index (κ3) is 3.29. The molecule has 3 nitrogen and oxygen atoms in total. The smallest absolute Gasteiger partial charge is 0.392 e. The van der Waals surface area contributed by atoms with Gasteiger partial charge in [-0.2, -0.15) is 13.2 Å². The Morgan fingerprint density at radius 1 is 1.35 bits per heavy atom. The van der Waals surface area contributed by atoms with E-state index in [0.29, 0.717) is 6.54 Å². The highest BCUT2D eigenvalue weighted by atomic mass is 32.1. The van der Waals surface area contributed by atoms with Gasteiger partial charge in [0.25, 0.3) is 0 Å². The first-order valence-corrected chi connectivity index (χ1v) is 6.75. The van der Waals surface area contributed by atoms with Crippen molar-refractivity contribution in [2.75, 3.05) is 11.9 Å². The molecule has 0 bridgehead atoms. The van der Waals surface area contributed by atoms with Gasteiger partial charge >= 0.3 is 6.18 Å². The van der Waals surface area contributed by atoms with Gasteiger partial charge in [0.05, 0.1) is 29.9 Å². The van der Waals surface area contributed by atoms with Gasteiger partial charge in [0.1, 0.15) is 0 Å². The summed E-state index contributed by atoms with van der Waals surface area (Å²) in [7, 11) is 1.59. The number of aliphatic hydroxyl groups is 1. The van der Waals surface area contributed by atoms with Crippen LogP contribution in [0.4, 0.5) is 18.9 Å². The third-order valence-corrected chi connectivity index (χ3v) is 3.48. The van der Waals surface area contributed by atoms with Crippen LogP contribution in [0.25, 0.3) is 0 Å². The number of hydrogen-bond acceptors (Lipinski definition) is 4. The molecule has 1 N–H and O–H groups in total. The quantitative estimate of drug-likeness (QED) is 0.941. The molecule has 0 spiro atoms. The summed E-state index contributed by atoms with van der Waals surface area (Å²) in [5, 5.41) is 10.8. The minimum atomic E-state index is -4.46. The number of hydrogen-bond donors (Lipinski definition) is 1. The predicted molar refractivity (Wildman–Crippen MR) is 71.6 cm³/mol. The molecule has 0 aliphatic carbocycles. The molecule has 0 saturated carbocycles. The zero-order chi connectivity index (χ0) is 14.8. The van der Waals surface area contributed by atoms with Crippen LogP contribution in [0, 0.1) is 0 Å². The minimum absolute atomic E-state index is 0.0719. The highest BCUT2D eigenvalue weighted by Crippen LogP contribution is 2.37. The molecule has 0 atom stereocenters. The molecule has 1 aromatic carbocycles. The van der Waals surface area contributed by atoms with Gasteiger partial charge in [-0.3, -0.25) is 0 Å². The van der Waals surface area contributed by atoms with E-state index in [2.05, 4.69) is 4.98 Å². The Hall–Kier alpha value is -1.60. The van der Waals surface area contributed by atoms with E-state index in [0.717, 1.165) is 11.8 Å². The van der Waals surface area contributed by atoms with Crippen molar-refractivity contribution in [1.29, 1.82) is 0 Å². The van der Waals surface area contributed by atoms with Crippen LogP contribution < -0.4 is 4.90 Å². The second-order valence-electron chi connectivity index (χ2n) is 4.34. The summed E-state index contributed by atoms with van der Waals surface area (Å²) >= 11 is 1.40. The van der Waals surface area contributed by atoms with E-state index in [1.807, 2.05) is 0 Å². The fourth-order valence-electron chi connectivity index (χ4n) is 1.89. The van der Waals surface area contributed by atoms with E-state index in [1.165, 1.54) is 28.4 Å². The van der Waals surface area contributed by atoms with E-state index in [-0.39, 0.29) is 11.3 Å². The third-order valence-electron chi connectivity index (χ3n) is 2.84. The normalized spacial score (nSPS) is 11.7. The maximum Gasteiger partial charge on any atom is 0.418 e. The van der Waals surface area contributed by atoms with Crippen LogP contribution in [0.2, 0.25) is 0 Å². The first-order chi connectivity index (χ1) is 9.41. The van der Waals surface area contributed by atoms with Gasteiger partial charge in [0.2, 0.25) is 0 Å². The van der Waals surface area contributed by atoms with Crippen molar-refractivity contribution in [2.45, 2.75) is 19.3 Å². The number of halogens is 3. The van der Waals surface area contributed by atoms with E-state index in [9.17, 15) is 13.2 Å². The lowest BCUT2D eigenvalue weighted by atomic mass is 10.1. The Kier molecular flexibility index (Phi) is 4.29. The van der Waals surface area contributed by atoms with Crippen molar-refractivity contribution < 1.29 is 18.3 Å². The molecular formula is C13H13F3N2OS. The number of benzene rings is 1. The number of anilines is 1. The number of alkyl halides is 3. The van der Waals surface area contributed by atoms with Crippen molar-refractivity contribution in [3.05, 3.63) is 45.9 Å². The van der Waals surface area contributed by atoms with Crippen molar-refractivity contribution in [3.63, 3.8) is 0 Å². The summed E-state index contributed by atoms with van der Waals surface area (Å²) in [6.07, 6.45) is -4.46.